The molecule has 1 amide bonds. The molecule has 0 bridgehead atoms. The van der Waals surface area contributed by atoms with Crippen LogP contribution in [0.1, 0.15) is 31.1 Å². The highest BCUT2D eigenvalue weighted by atomic mass is 79.9. The molecule has 0 aliphatic rings. The number of halogens is 1. The van der Waals surface area contributed by atoms with Crippen molar-refractivity contribution in [3.05, 3.63) is 28.2 Å². The highest BCUT2D eigenvalue weighted by molar-refractivity contribution is 9.10. The van der Waals surface area contributed by atoms with Crippen molar-refractivity contribution >= 4 is 31.9 Å². The van der Waals surface area contributed by atoms with E-state index in [1.54, 1.807) is 0 Å². The second kappa shape index (κ2) is 5.60. The van der Waals surface area contributed by atoms with Crippen molar-refractivity contribution in [2.24, 2.45) is 10.6 Å². The first-order chi connectivity index (χ1) is 8.50. The molecule has 0 unspecified atom stereocenters. The van der Waals surface area contributed by atoms with Gasteiger partial charge in [0, 0.05) is 11.0 Å². The summed E-state index contributed by atoms with van der Waals surface area (Å²) in [4.78, 5) is 11.9. The molecule has 0 saturated heterocycles. The summed E-state index contributed by atoms with van der Waals surface area (Å²) in [6, 6.07) is 4.10. The Labute approximate surface area is 121 Å². The molecule has 0 aliphatic carbocycles. The number of hydrogen-bond acceptors (Lipinski definition) is 3. The van der Waals surface area contributed by atoms with Crippen molar-refractivity contribution in [2.75, 3.05) is 6.54 Å². The van der Waals surface area contributed by atoms with E-state index in [0.29, 0.717) is 11.0 Å². The predicted octanol–water partition coefficient (Wildman–Crippen LogP) is 1.87. The average Bonchev–Trinajstić information content (AvgIpc) is 2.24. The van der Waals surface area contributed by atoms with Gasteiger partial charge < -0.3 is 5.32 Å². The van der Waals surface area contributed by atoms with E-state index >= 15 is 0 Å². The molecule has 0 fully saturated rings. The van der Waals surface area contributed by atoms with Crippen molar-refractivity contribution < 1.29 is 13.2 Å². The Morgan fingerprint density at radius 3 is 2.42 bits per heavy atom. The molecule has 0 spiro atoms. The third kappa shape index (κ3) is 4.93. The van der Waals surface area contributed by atoms with Gasteiger partial charge in [0.2, 0.25) is 10.0 Å². The van der Waals surface area contributed by atoms with Crippen LogP contribution in [0.25, 0.3) is 0 Å². The molecule has 5 nitrogen and oxygen atoms in total. The van der Waals surface area contributed by atoms with Crippen LogP contribution >= 0.6 is 15.9 Å². The first-order valence-corrected chi connectivity index (χ1v) is 7.95. The molecule has 7 heteroatoms. The molecule has 1 aromatic rings. The third-order valence-corrected chi connectivity index (χ3v) is 3.89. The third-order valence-electron chi connectivity index (χ3n) is 2.29. The number of hydrogen-bond donors (Lipinski definition) is 2. The van der Waals surface area contributed by atoms with Crippen molar-refractivity contribution in [1.82, 2.24) is 5.32 Å². The van der Waals surface area contributed by atoms with Gasteiger partial charge in [0.1, 0.15) is 0 Å². The Kier molecular flexibility index (Phi) is 4.76. The second-order valence-corrected chi connectivity index (χ2v) is 7.85. The van der Waals surface area contributed by atoms with Gasteiger partial charge >= 0.3 is 0 Å². The lowest BCUT2D eigenvalue weighted by Gasteiger charge is -2.19. The van der Waals surface area contributed by atoms with Crippen molar-refractivity contribution in [3.8, 4) is 0 Å². The Morgan fingerprint density at radius 2 is 1.95 bits per heavy atom. The summed E-state index contributed by atoms with van der Waals surface area (Å²) in [6.45, 7) is 6.45. The molecule has 0 radical (unpaired) electrons. The van der Waals surface area contributed by atoms with Gasteiger partial charge in [-0.15, -0.1) is 0 Å². The van der Waals surface area contributed by atoms with E-state index in [4.69, 9.17) is 5.14 Å². The summed E-state index contributed by atoms with van der Waals surface area (Å²) in [5, 5.41) is 7.80. The van der Waals surface area contributed by atoms with E-state index in [1.807, 2.05) is 20.8 Å². The van der Waals surface area contributed by atoms with Crippen LogP contribution in [0.2, 0.25) is 0 Å². The molecular formula is C12H17BrN2O3S. The summed E-state index contributed by atoms with van der Waals surface area (Å²) in [5.74, 6) is -0.340. The van der Waals surface area contributed by atoms with Gasteiger partial charge in [-0.3, -0.25) is 4.79 Å². The van der Waals surface area contributed by atoms with Gasteiger partial charge in [0.25, 0.3) is 5.91 Å². The lowest BCUT2D eigenvalue weighted by Crippen LogP contribution is -2.32. The van der Waals surface area contributed by atoms with Crippen LogP contribution in [0, 0.1) is 5.41 Å². The number of nitrogens with two attached hydrogens (primary N) is 1. The summed E-state index contributed by atoms with van der Waals surface area (Å²) in [6.07, 6.45) is 0. The van der Waals surface area contributed by atoms with Crippen molar-refractivity contribution in [2.45, 2.75) is 25.7 Å². The highest BCUT2D eigenvalue weighted by Gasteiger charge is 2.17. The molecule has 0 aliphatic heterocycles. The maximum atomic E-state index is 12.0. The number of sulfonamides is 1. The first kappa shape index (κ1) is 16.1. The van der Waals surface area contributed by atoms with Gasteiger partial charge in [0.05, 0.1) is 10.5 Å². The lowest BCUT2D eigenvalue weighted by molar-refractivity contribution is 0.0938. The fraction of sp³-hybridized carbons (Fsp3) is 0.417. The van der Waals surface area contributed by atoms with E-state index in [-0.39, 0.29) is 21.8 Å². The Balaban J connectivity index is 3.03. The summed E-state index contributed by atoms with van der Waals surface area (Å²) < 4.78 is 23.1. The van der Waals surface area contributed by atoms with Crippen LogP contribution < -0.4 is 10.5 Å². The SMILES string of the molecule is CC(C)(C)CNC(=O)c1cc(S(N)(=O)=O)ccc1Br. The maximum Gasteiger partial charge on any atom is 0.252 e. The molecule has 3 N–H and O–H groups in total. The molecular weight excluding hydrogens is 332 g/mol. The van der Waals surface area contributed by atoms with E-state index in [2.05, 4.69) is 21.2 Å². The van der Waals surface area contributed by atoms with Crippen molar-refractivity contribution in [1.29, 1.82) is 0 Å². The minimum absolute atomic E-state index is 0.0559. The van der Waals surface area contributed by atoms with Crippen LogP contribution in [0.15, 0.2) is 27.6 Å². The standard InChI is InChI=1S/C12H17BrN2O3S/c1-12(2,3)7-15-11(16)9-6-8(19(14,17)18)4-5-10(9)13/h4-6H,7H2,1-3H3,(H,15,16)(H2,14,17,18). The number of amides is 1. The minimum Gasteiger partial charge on any atom is -0.351 e. The highest BCUT2D eigenvalue weighted by Crippen LogP contribution is 2.21. The fourth-order valence-corrected chi connectivity index (χ4v) is 2.26. The quantitative estimate of drug-likeness (QED) is 0.873. The topological polar surface area (TPSA) is 89.3 Å². The lowest BCUT2D eigenvalue weighted by atomic mass is 9.97. The Bertz CT molecular complexity index is 591. The fourth-order valence-electron chi connectivity index (χ4n) is 1.30. The molecule has 0 heterocycles. The summed E-state index contributed by atoms with van der Waals surface area (Å²) in [7, 11) is -3.82. The van der Waals surface area contributed by atoms with Gasteiger partial charge in [-0.25, -0.2) is 13.6 Å². The van der Waals surface area contributed by atoms with Crippen molar-refractivity contribution in [3.63, 3.8) is 0 Å². The summed E-state index contributed by atoms with van der Waals surface area (Å²) >= 11 is 3.22. The number of carbonyl (C=O) groups excluding carboxylic acids is 1. The molecule has 0 aromatic heterocycles. The second-order valence-electron chi connectivity index (χ2n) is 5.43. The Hall–Kier alpha value is -0.920. The zero-order chi connectivity index (χ0) is 14.8. The van der Waals surface area contributed by atoms with Crippen LogP contribution in [-0.4, -0.2) is 20.9 Å². The summed E-state index contributed by atoms with van der Waals surface area (Å²) in [5.41, 5.74) is 0.190. The van der Waals surface area contributed by atoms with Gasteiger partial charge in [-0.2, -0.15) is 0 Å². The van der Waals surface area contributed by atoms with E-state index in [0.717, 1.165) is 0 Å². The molecule has 1 rings (SSSR count). The van der Waals surface area contributed by atoms with Crippen LogP contribution in [0.3, 0.4) is 0 Å². The predicted molar refractivity (Wildman–Crippen MR) is 77.3 cm³/mol. The smallest absolute Gasteiger partial charge is 0.252 e. The zero-order valence-corrected chi connectivity index (χ0v) is 13.4. The monoisotopic (exact) mass is 348 g/mol. The minimum atomic E-state index is -3.82. The normalized spacial score (nSPS) is 12.3. The number of rotatable bonds is 3. The van der Waals surface area contributed by atoms with Crippen LogP contribution in [-0.2, 0) is 10.0 Å². The zero-order valence-electron chi connectivity index (χ0n) is 11.0. The van der Waals surface area contributed by atoms with E-state index in [9.17, 15) is 13.2 Å². The molecule has 1 aromatic carbocycles. The van der Waals surface area contributed by atoms with Gasteiger partial charge in [-0.05, 0) is 39.5 Å². The molecule has 19 heavy (non-hydrogen) atoms. The number of carbonyl (C=O) groups is 1. The maximum absolute atomic E-state index is 12.0. The Morgan fingerprint density at radius 1 is 1.37 bits per heavy atom. The number of benzene rings is 1. The average molecular weight is 349 g/mol. The molecule has 0 saturated carbocycles. The van der Waals surface area contributed by atoms with Gasteiger partial charge in [0.15, 0.2) is 0 Å². The van der Waals surface area contributed by atoms with E-state index < -0.39 is 10.0 Å². The van der Waals surface area contributed by atoms with Crippen LogP contribution in [0.5, 0.6) is 0 Å². The van der Waals surface area contributed by atoms with Crippen LogP contribution in [0.4, 0.5) is 0 Å². The molecule has 0 atom stereocenters. The number of nitrogens with one attached hydrogen (secondary N) is 1. The van der Waals surface area contributed by atoms with E-state index in [1.165, 1.54) is 18.2 Å². The first-order valence-electron chi connectivity index (χ1n) is 5.61. The van der Waals surface area contributed by atoms with Gasteiger partial charge in [-0.1, -0.05) is 20.8 Å². The molecule has 106 valence electrons. The largest absolute Gasteiger partial charge is 0.351 e. The number of primary sulfonamides is 1.